The minimum absolute atomic E-state index is 0.0338. The lowest BCUT2D eigenvalue weighted by molar-refractivity contribution is -0.126. The topological polar surface area (TPSA) is 47.6 Å². The standard InChI is InChI=1S/C22H25NO3/c1-3-8-17-11-12-19(20(15-17)25-2)26-16-21(24)23-22(13-7-14-22)18-9-5-4-6-10-18/h3-6,8-12,15H,7,13-14,16H2,1-2H3,(H,23,24)/b8-3+. The van der Waals surface area contributed by atoms with E-state index in [0.29, 0.717) is 11.5 Å². The van der Waals surface area contributed by atoms with Crippen LogP contribution in [-0.4, -0.2) is 19.6 Å². The van der Waals surface area contributed by atoms with Crippen LogP contribution in [0.2, 0.25) is 0 Å². The van der Waals surface area contributed by atoms with Crippen LogP contribution in [0.4, 0.5) is 0 Å². The number of amides is 1. The normalized spacial score (nSPS) is 15.3. The molecular formula is C22H25NO3. The van der Waals surface area contributed by atoms with Gasteiger partial charge in [-0.05, 0) is 49.4 Å². The Balaban J connectivity index is 1.64. The molecule has 0 unspecified atom stereocenters. The number of nitrogens with one attached hydrogen (secondary N) is 1. The average Bonchev–Trinajstić information content (AvgIpc) is 2.64. The van der Waals surface area contributed by atoms with Crippen molar-refractivity contribution in [3.8, 4) is 11.5 Å². The van der Waals surface area contributed by atoms with Crippen molar-refractivity contribution in [1.29, 1.82) is 0 Å². The Labute approximate surface area is 154 Å². The van der Waals surface area contributed by atoms with Gasteiger partial charge in [-0.15, -0.1) is 0 Å². The molecule has 2 aromatic carbocycles. The summed E-state index contributed by atoms with van der Waals surface area (Å²) in [4.78, 5) is 12.5. The molecule has 0 aliphatic heterocycles. The van der Waals surface area contributed by atoms with Crippen LogP contribution in [0.25, 0.3) is 6.08 Å². The highest BCUT2D eigenvalue weighted by molar-refractivity contribution is 5.79. The highest BCUT2D eigenvalue weighted by Crippen LogP contribution is 2.41. The molecule has 1 aliphatic carbocycles. The zero-order valence-electron chi connectivity index (χ0n) is 15.3. The van der Waals surface area contributed by atoms with Crippen molar-refractivity contribution in [2.45, 2.75) is 31.7 Å². The maximum atomic E-state index is 12.5. The van der Waals surface area contributed by atoms with Crippen LogP contribution in [0.15, 0.2) is 54.6 Å². The summed E-state index contributed by atoms with van der Waals surface area (Å²) in [7, 11) is 1.60. The lowest BCUT2D eigenvalue weighted by atomic mass is 9.72. The zero-order chi connectivity index (χ0) is 18.4. The van der Waals surface area contributed by atoms with E-state index in [1.54, 1.807) is 7.11 Å². The molecule has 3 rings (SSSR count). The van der Waals surface area contributed by atoms with Gasteiger partial charge in [0.25, 0.3) is 5.91 Å². The SMILES string of the molecule is C/C=C/c1ccc(OCC(=O)NC2(c3ccccc3)CCC2)c(OC)c1. The van der Waals surface area contributed by atoms with E-state index in [4.69, 9.17) is 9.47 Å². The van der Waals surface area contributed by atoms with Gasteiger partial charge in [0.05, 0.1) is 12.6 Å². The summed E-state index contributed by atoms with van der Waals surface area (Å²) in [5.74, 6) is 1.07. The van der Waals surface area contributed by atoms with Crippen LogP contribution < -0.4 is 14.8 Å². The zero-order valence-corrected chi connectivity index (χ0v) is 15.3. The fraction of sp³-hybridized carbons (Fsp3) is 0.318. The summed E-state index contributed by atoms with van der Waals surface area (Å²) >= 11 is 0. The van der Waals surface area contributed by atoms with Crippen LogP contribution in [0, 0.1) is 0 Å². The summed E-state index contributed by atoms with van der Waals surface area (Å²) in [5, 5.41) is 3.17. The minimum Gasteiger partial charge on any atom is -0.493 e. The first kappa shape index (κ1) is 18.1. The molecule has 4 heteroatoms. The molecule has 0 radical (unpaired) electrons. The highest BCUT2D eigenvalue weighted by Gasteiger charge is 2.39. The van der Waals surface area contributed by atoms with E-state index in [1.165, 1.54) is 0 Å². The van der Waals surface area contributed by atoms with Crippen molar-refractivity contribution < 1.29 is 14.3 Å². The third-order valence-corrected chi connectivity index (χ3v) is 4.82. The number of benzene rings is 2. The van der Waals surface area contributed by atoms with E-state index >= 15 is 0 Å². The monoisotopic (exact) mass is 351 g/mol. The van der Waals surface area contributed by atoms with Gasteiger partial charge in [-0.25, -0.2) is 0 Å². The molecular weight excluding hydrogens is 326 g/mol. The first-order valence-electron chi connectivity index (χ1n) is 8.97. The second-order valence-corrected chi connectivity index (χ2v) is 6.55. The Morgan fingerprint density at radius 3 is 2.54 bits per heavy atom. The summed E-state index contributed by atoms with van der Waals surface area (Å²) in [6.45, 7) is 1.93. The van der Waals surface area contributed by atoms with Crippen molar-refractivity contribution >= 4 is 12.0 Å². The molecule has 0 spiro atoms. The van der Waals surface area contributed by atoms with Crippen molar-refractivity contribution in [3.05, 3.63) is 65.7 Å². The molecule has 136 valence electrons. The number of hydrogen-bond donors (Lipinski definition) is 1. The van der Waals surface area contributed by atoms with Crippen LogP contribution in [0.1, 0.15) is 37.3 Å². The summed E-state index contributed by atoms with van der Waals surface area (Å²) in [6.07, 6.45) is 6.99. The number of carbonyl (C=O) groups is 1. The highest BCUT2D eigenvalue weighted by atomic mass is 16.5. The van der Waals surface area contributed by atoms with E-state index in [0.717, 1.165) is 30.4 Å². The first-order chi connectivity index (χ1) is 12.7. The average molecular weight is 351 g/mol. The number of carbonyl (C=O) groups excluding carboxylic acids is 1. The van der Waals surface area contributed by atoms with Gasteiger partial charge in [-0.3, -0.25) is 4.79 Å². The van der Waals surface area contributed by atoms with Crippen LogP contribution in [-0.2, 0) is 10.3 Å². The molecule has 1 amide bonds. The quantitative estimate of drug-likeness (QED) is 0.809. The third-order valence-electron chi connectivity index (χ3n) is 4.82. The molecule has 1 N–H and O–H groups in total. The van der Waals surface area contributed by atoms with Gasteiger partial charge in [0.2, 0.25) is 0 Å². The molecule has 1 fully saturated rings. The molecule has 1 aliphatic rings. The molecule has 0 heterocycles. The maximum Gasteiger partial charge on any atom is 0.258 e. The number of allylic oxidation sites excluding steroid dienone is 1. The van der Waals surface area contributed by atoms with Gasteiger partial charge in [-0.1, -0.05) is 48.6 Å². The molecule has 2 aromatic rings. The Hall–Kier alpha value is -2.75. The van der Waals surface area contributed by atoms with Gasteiger partial charge < -0.3 is 14.8 Å². The van der Waals surface area contributed by atoms with E-state index < -0.39 is 0 Å². The maximum absolute atomic E-state index is 12.5. The third kappa shape index (κ3) is 3.90. The lowest BCUT2D eigenvalue weighted by Crippen LogP contribution is -2.52. The Morgan fingerprint density at radius 1 is 1.15 bits per heavy atom. The fourth-order valence-corrected chi connectivity index (χ4v) is 3.32. The lowest BCUT2D eigenvalue weighted by Gasteiger charge is -2.43. The summed E-state index contributed by atoms with van der Waals surface area (Å²) in [6, 6.07) is 15.8. The van der Waals surface area contributed by atoms with Crippen LogP contribution in [0.3, 0.4) is 0 Å². The van der Waals surface area contributed by atoms with Gasteiger partial charge >= 0.3 is 0 Å². The van der Waals surface area contributed by atoms with Gasteiger partial charge in [0.15, 0.2) is 18.1 Å². The molecule has 26 heavy (non-hydrogen) atoms. The van der Waals surface area contributed by atoms with E-state index in [1.807, 2.05) is 55.5 Å². The fourth-order valence-electron chi connectivity index (χ4n) is 3.32. The second kappa shape index (κ2) is 8.09. The number of ether oxygens (including phenoxy) is 2. The Bertz CT molecular complexity index is 779. The van der Waals surface area contributed by atoms with Gasteiger partial charge in [-0.2, -0.15) is 0 Å². The molecule has 0 atom stereocenters. The summed E-state index contributed by atoms with van der Waals surface area (Å²) < 4.78 is 11.1. The molecule has 4 nitrogen and oxygen atoms in total. The smallest absolute Gasteiger partial charge is 0.258 e. The van der Waals surface area contributed by atoms with Crippen LogP contribution >= 0.6 is 0 Å². The number of rotatable bonds is 7. The minimum atomic E-state index is -0.248. The molecule has 1 saturated carbocycles. The van der Waals surface area contributed by atoms with Crippen molar-refractivity contribution in [2.24, 2.45) is 0 Å². The number of methoxy groups -OCH3 is 1. The van der Waals surface area contributed by atoms with E-state index in [-0.39, 0.29) is 18.1 Å². The predicted molar refractivity (Wildman–Crippen MR) is 103 cm³/mol. The Kier molecular flexibility index (Phi) is 5.61. The Morgan fingerprint density at radius 2 is 1.92 bits per heavy atom. The van der Waals surface area contributed by atoms with Crippen molar-refractivity contribution in [3.63, 3.8) is 0 Å². The number of hydrogen-bond acceptors (Lipinski definition) is 3. The summed E-state index contributed by atoms with van der Waals surface area (Å²) in [5.41, 5.74) is 1.94. The van der Waals surface area contributed by atoms with Crippen molar-refractivity contribution in [2.75, 3.05) is 13.7 Å². The molecule has 0 aromatic heterocycles. The van der Waals surface area contributed by atoms with Crippen molar-refractivity contribution in [1.82, 2.24) is 5.32 Å². The first-order valence-corrected chi connectivity index (χ1v) is 8.97. The molecule has 0 bridgehead atoms. The van der Waals surface area contributed by atoms with Crippen LogP contribution in [0.5, 0.6) is 11.5 Å². The van der Waals surface area contributed by atoms with Gasteiger partial charge in [0, 0.05) is 0 Å². The second-order valence-electron chi connectivity index (χ2n) is 6.55. The predicted octanol–water partition coefficient (Wildman–Crippen LogP) is 4.30. The molecule has 0 saturated heterocycles. The van der Waals surface area contributed by atoms with E-state index in [2.05, 4.69) is 17.4 Å². The van der Waals surface area contributed by atoms with Gasteiger partial charge in [0.1, 0.15) is 0 Å². The largest absolute Gasteiger partial charge is 0.493 e. The van der Waals surface area contributed by atoms with E-state index in [9.17, 15) is 4.79 Å².